The molecule has 0 saturated carbocycles. The molecule has 2 aliphatic heterocycles. The second-order valence-corrected chi connectivity index (χ2v) is 15.2. The molecular weight excluding hydrogens is 795 g/mol. The van der Waals surface area contributed by atoms with Crippen molar-refractivity contribution in [1.29, 1.82) is 0 Å². The molecule has 13 nitrogen and oxygen atoms in total. The van der Waals surface area contributed by atoms with Crippen molar-refractivity contribution in [3.8, 4) is 0 Å². The topological polar surface area (TPSA) is 160 Å². The van der Waals surface area contributed by atoms with Gasteiger partial charge in [0, 0.05) is 6.92 Å². The SMILES string of the molecule is CC(=O)NC1C(O)OC(COCc2ccccc2)C(OC2OC(COCc3ccccc3)C(OCc3ccccc3)C(OCc3ccccc3)C2OC(=O)c2ccccc2)C1O. The van der Waals surface area contributed by atoms with Crippen LogP contribution in [0.4, 0.5) is 0 Å². The number of esters is 1. The molecule has 7 rings (SSSR count). The third kappa shape index (κ3) is 12.4. The first-order valence-corrected chi connectivity index (χ1v) is 20.7. The number of carbonyl (C=O) groups excluding carboxylic acids is 2. The fourth-order valence-electron chi connectivity index (χ4n) is 7.45. The van der Waals surface area contributed by atoms with Crippen molar-refractivity contribution in [2.75, 3.05) is 13.2 Å². The molecule has 0 aliphatic carbocycles. The molecule has 2 fully saturated rings. The predicted molar refractivity (Wildman–Crippen MR) is 226 cm³/mol. The molecule has 2 aliphatic rings. The van der Waals surface area contributed by atoms with E-state index in [0.717, 1.165) is 22.3 Å². The van der Waals surface area contributed by atoms with E-state index < -0.39 is 73.2 Å². The number of benzene rings is 5. The maximum Gasteiger partial charge on any atom is 0.338 e. The van der Waals surface area contributed by atoms with Crippen LogP contribution in [0, 0.1) is 0 Å². The number of amides is 1. The van der Waals surface area contributed by atoms with Crippen LogP contribution in [0.1, 0.15) is 39.5 Å². The van der Waals surface area contributed by atoms with Crippen LogP contribution >= 0.6 is 0 Å². The summed E-state index contributed by atoms with van der Waals surface area (Å²) in [6, 6.07) is 45.5. The molecule has 0 radical (unpaired) electrons. The molecule has 2 heterocycles. The van der Waals surface area contributed by atoms with Gasteiger partial charge in [0.2, 0.25) is 5.91 Å². The average Bonchev–Trinajstić information content (AvgIpc) is 3.30. The molecular formula is C49H53NO12. The van der Waals surface area contributed by atoms with E-state index >= 15 is 0 Å². The lowest BCUT2D eigenvalue weighted by molar-refractivity contribution is -0.354. The lowest BCUT2D eigenvalue weighted by Crippen LogP contribution is -2.68. The smallest absolute Gasteiger partial charge is 0.338 e. The Morgan fingerprint density at radius 1 is 0.548 bits per heavy atom. The van der Waals surface area contributed by atoms with Crippen LogP contribution in [0.5, 0.6) is 0 Å². The summed E-state index contributed by atoms with van der Waals surface area (Å²) in [5.74, 6) is -1.20. The molecule has 0 bridgehead atoms. The number of ether oxygens (including phenoxy) is 8. The van der Waals surface area contributed by atoms with Gasteiger partial charge >= 0.3 is 5.97 Å². The van der Waals surface area contributed by atoms with Gasteiger partial charge < -0.3 is 53.4 Å². The largest absolute Gasteiger partial charge is 0.450 e. The summed E-state index contributed by atoms with van der Waals surface area (Å²) in [6.07, 6.45) is -11.1. The minimum absolute atomic E-state index is 0.000669. The Hall–Kier alpha value is -5.32. The summed E-state index contributed by atoms with van der Waals surface area (Å²) < 4.78 is 51.7. The first kappa shape index (κ1) is 44.7. The third-order valence-electron chi connectivity index (χ3n) is 10.6. The third-order valence-corrected chi connectivity index (χ3v) is 10.6. The van der Waals surface area contributed by atoms with Gasteiger partial charge in [-0.3, -0.25) is 4.79 Å². The fourth-order valence-corrected chi connectivity index (χ4v) is 7.45. The predicted octanol–water partition coefficient (Wildman–Crippen LogP) is 5.51. The van der Waals surface area contributed by atoms with Crippen LogP contribution in [0.3, 0.4) is 0 Å². The average molecular weight is 848 g/mol. The molecule has 0 aromatic heterocycles. The van der Waals surface area contributed by atoms with Gasteiger partial charge in [-0.05, 0) is 34.4 Å². The highest BCUT2D eigenvalue weighted by Gasteiger charge is 2.54. The second kappa shape index (κ2) is 22.7. The fraction of sp³-hybridized carbons (Fsp3) is 0.347. The van der Waals surface area contributed by atoms with Gasteiger partial charge in [0.25, 0.3) is 0 Å². The summed E-state index contributed by atoms with van der Waals surface area (Å²) in [7, 11) is 0. The highest BCUT2D eigenvalue weighted by Crippen LogP contribution is 2.35. The van der Waals surface area contributed by atoms with E-state index in [2.05, 4.69) is 5.32 Å². The molecule has 5 aromatic carbocycles. The van der Waals surface area contributed by atoms with Crippen LogP contribution in [0.15, 0.2) is 152 Å². The Morgan fingerprint density at radius 3 is 1.47 bits per heavy atom. The molecule has 62 heavy (non-hydrogen) atoms. The molecule has 10 atom stereocenters. The lowest BCUT2D eigenvalue weighted by Gasteiger charge is -2.48. The van der Waals surface area contributed by atoms with Gasteiger partial charge in [0.05, 0.1) is 45.2 Å². The molecule has 1 amide bonds. The number of aliphatic hydroxyl groups excluding tert-OH is 2. The Balaban J connectivity index is 1.25. The number of nitrogens with one attached hydrogen (secondary N) is 1. The maximum atomic E-state index is 14.1. The number of rotatable bonds is 19. The summed E-state index contributed by atoms with van der Waals surface area (Å²) in [5.41, 5.74) is 3.83. The molecule has 10 unspecified atom stereocenters. The molecule has 326 valence electrons. The summed E-state index contributed by atoms with van der Waals surface area (Å²) >= 11 is 0. The highest BCUT2D eigenvalue weighted by atomic mass is 16.7. The molecule has 3 N–H and O–H groups in total. The zero-order valence-electron chi connectivity index (χ0n) is 34.4. The van der Waals surface area contributed by atoms with Crippen molar-refractivity contribution < 1.29 is 57.7 Å². The minimum Gasteiger partial charge on any atom is -0.450 e. The van der Waals surface area contributed by atoms with E-state index in [4.69, 9.17) is 37.9 Å². The molecule has 13 heteroatoms. The van der Waals surface area contributed by atoms with Gasteiger partial charge in [-0.2, -0.15) is 0 Å². The zero-order valence-corrected chi connectivity index (χ0v) is 34.4. The van der Waals surface area contributed by atoms with Crippen LogP contribution in [-0.4, -0.2) is 96.7 Å². The number of hydrogen-bond acceptors (Lipinski definition) is 12. The van der Waals surface area contributed by atoms with Crippen LogP contribution in [0.25, 0.3) is 0 Å². The van der Waals surface area contributed by atoms with E-state index in [1.54, 1.807) is 30.3 Å². The number of hydrogen-bond donors (Lipinski definition) is 3. The summed E-state index contributed by atoms with van der Waals surface area (Å²) in [4.78, 5) is 26.4. The number of aliphatic hydroxyl groups is 2. The van der Waals surface area contributed by atoms with Gasteiger partial charge in [-0.25, -0.2) is 4.79 Å². The van der Waals surface area contributed by atoms with E-state index in [1.807, 2.05) is 121 Å². The molecule has 2 saturated heterocycles. The van der Waals surface area contributed by atoms with Gasteiger partial charge in [0.15, 0.2) is 18.7 Å². The zero-order chi connectivity index (χ0) is 43.1. The Morgan fingerprint density at radius 2 is 0.984 bits per heavy atom. The van der Waals surface area contributed by atoms with Crippen molar-refractivity contribution in [2.24, 2.45) is 0 Å². The minimum atomic E-state index is -1.62. The molecule has 0 spiro atoms. The van der Waals surface area contributed by atoms with Gasteiger partial charge in [-0.15, -0.1) is 0 Å². The summed E-state index contributed by atoms with van der Waals surface area (Å²) in [5, 5.41) is 25.6. The monoisotopic (exact) mass is 847 g/mol. The standard InChI is InChI=1S/C49H53NO12/c1-33(51)50-41-42(52)43(39(59-48(41)54)31-55-27-34-17-7-2-8-18-34)62-49-46(61-47(53)38-25-15-6-16-26-38)45(58-30-37-23-13-5-14-24-37)44(57-29-36-21-11-4-12-22-36)40(60-49)32-56-28-35-19-9-3-10-20-35/h2-26,39-46,48-49,52,54H,27-32H2,1H3,(H,50,51). The van der Waals surface area contributed by atoms with E-state index in [1.165, 1.54) is 6.92 Å². The van der Waals surface area contributed by atoms with Crippen LogP contribution < -0.4 is 5.32 Å². The normalized spacial score (nSPS) is 26.0. The van der Waals surface area contributed by atoms with Crippen molar-refractivity contribution in [3.05, 3.63) is 179 Å². The van der Waals surface area contributed by atoms with Crippen molar-refractivity contribution in [2.45, 2.75) is 94.7 Å². The Bertz CT molecular complexity index is 2080. The van der Waals surface area contributed by atoms with Gasteiger partial charge in [0.1, 0.15) is 42.7 Å². The number of carbonyl (C=O) groups is 2. The van der Waals surface area contributed by atoms with Crippen molar-refractivity contribution >= 4 is 11.9 Å². The first-order valence-electron chi connectivity index (χ1n) is 20.7. The van der Waals surface area contributed by atoms with Gasteiger partial charge in [-0.1, -0.05) is 140 Å². The highest BCUT2D eigenvalue weighted by molar-refractivity contribution is 5.89. The first-order chi connectivity index (χ1) is 30.3. The quantitative estimate of drug-likeness (QED) is 0.0897. The van der Waals surface area contributed by atoms with Crippen LogP contribution in [-0.2, 0) is 69.1 Å². The van der Waals surface area contributed by atoms with E-state index in [-0.39, 0.29) is 45.2 Å². The second-order valence-electron chi connectivity index (χ2n) is 15.2. The molecule has 5 aromatic rings. The van der Waals surface area contributed by atoms with Crippen molar-refractivity contribution in [3.63, 3.8) is 0 Å². The lowest BCUT2D eigenvalue weighted by atomic mass is 9.95. The summed E-state index contributed by atoms with van der Waals surface area (Å²) in [6.45, 7) is 1.84. The Labute approximate surface area is 361 Å². The maximum absolute atomic E-state index is 14.1. The van der Waals surface area contributed by atoms with Crippen LogP contribution in [0.2, 0.25) is 0 Å². The van der Waals surface area contributed by atoms with E-state index in [0.29, 0.717) is 0 Å². The Kier molecular flexibility index (Phi) is 16.4. The van der Waals surface area contributed by atoms with Crippen molar-refractivity contribution in [1.82, 2.24) is 5.32 Å². The van der Waals surface area contributed by atoms with E-state index in [9.17, 15) is 19.8 Å².